The summed E-state index contributed by atoms with van der Waals surface area (Å²) in [5.74, 6) is 2.82. The van der Waals surface area contributed by atoms with Crippen LogP contribution in [0.1, 0.15) is 39.1 Å². The summed E-state index contributed by atoms with van der Waals surface area (Å²) in [6, 6.07) is 0.342. The molecule has 1 aromatic rings. The normalized spacial score (nSPS) is 20.1. The Kier molecular flexibility index (Phi) is 4.18. The third-order valence-electron chi connectivity index (χ3n) is 3.67. The van der Waals surface area contributed by atoms with Crippen molar-refractivity contribution in [1.82, 2.24) is 9.97 Å². The first-order valence-corrected chi connectivity index (χ1v) is 7.26. The molecule has 5 heteroatoms. The molecule has 1 unspecified atom stereocenters. The average molecular weight is 278 g/mol. The van der Waals surface area contributed by atoms with Crippen molar-refractivity contribution in [1.29, 1.82) is 0 Å². The zero-order chi connectivity index (χ0) is 14.9. The highest BCUT2D eigenvalue weighted by Gasteiger charge is 2.26. The van der Waals surface area contributed by atoms with Gasteiger partial charge in [-0.25, -0.2) is 9.97 Å². The van der Waals surface area contributed by atoms with Gasteiger partial charge in [-0.2, -0.15) is 0 Å². The van der Waals surface area contributed by atoms with Gasteiger partial charge >= 0.3 is 0 Å². The fraction of sp³-hybridized carbons (Fsp3) is 0.733. The SMILES string of the molecule is CNc1nc(C(C)(C)C)nc(N2CCOCC2C)c1C. The van der Waals surface area contributed by atoms with Gasteiger partial charge in [0.05, 0.1) is 19.3 Å². The van der Waals surface area contributed by atoms with E-state index in [0.29, 0.717) is 6.04 Å². The molecule has 1 N–H and O–H groups in total. The Labute approximate surface area is 121 Å². The Morgan fingerprint density at radius 1 is 1.30 bits per heavy atom. The van der Waals surface area contributed by atoms with E-state index >= 15 is 0 Å². The van der Waals surface area contributed by atoms with Gasteiger partial charge in [0.1, 0.15) is 17.5 Å². The number of rotatable bonds is 2. The molecular weight excluding hydrogens is 252 g/mol. The number of aromatic nitrogens is 2. The van der Waals surface area contributed by atoms with E-state index in [9.17, 15) is 0 Å². The van der Waals surface area contributed by atoms with Crippen LogP contribution < -0.4 is 10.2 Å². The van der Waals surface area contributed by atoms with Crippen LogP contribution in [0.2, 0.25) is 0 Å². The largest absolute Gasteiger partial charge is 0.377 e. The van der Waals surface area contributed by atoms with E-state index in [4.69, 9.17) is 9.72 Å². The second-order valence-corrected chi connectivity index (χ2v) is 6.46. The maximum Gasteiger partial charge on any atom is 0.138 e. The molecule has 1 aliphatic rings. The van der Waals surface area contributed by atoms with E-state index in [1.165, 1.54) is 0 Å². The van der Waals surface area contributed by atoms with Gasteiger partial charge in [0, 0.05) is 24.6 Å². The van der Waals surface area contributed by atoms with E-state index < -0.39 is 0 Å². The van der Waals surface area contributed by atoms with Gasteiger partial charge in [0.15, 0.2) is 0 Å². The van der Waals surface area contributed by atoms with Crippen LogP contribution in [0.3, 0.4) is 0 Å². The summed E-state index contributed by atoms with van der Waals surface area (Å²) in [6.07, 6.45) is 0. The third kappa shape index (κ3) is 2.87. The fourth-order valence-electron chi connectivity index (χ4n) is 2.41. The minimum Gasteiger partial charge on any atom is -0.377 e. The number of nitrogens with zero attached hydrogens (tertiary/aromatic N) is 3. The highest BCUT2D eigenvalue weighted by atomic mass is 16.5. The summed E-state index contributed by atoms with van der Waals surface area (Å²) >= 11 is 0. The minimum atomic E-state index is -0.0659. The van der Waals surface area contributed by atoms with Crippen LogP contribution >= 0.6 is 0 Å². The summed E-state index contributed by atoms with van der Waals surface area (Å²) in [4.78, 5) is 11.8. The number of hydrogen-bond donors (Lipinski definition) is 1. The highest BCUT2D eigenvalue weighted by molar-refractivity contribution is 5.59. The van der Waals surface area contributed by atoms with Gasteiger partial charge in [0.25, 0.3) is 0 Å². The number of hydrogen-bond acceptors (Lipinski definition) is 5. The zero-order valence-corrected chi connectivity index (χ0v) is 13.4. The summed E-state index contributed by atoms with van der Waals surface area (Å²) < 4.78 is 5.53. The maximum atomic E-state index is 5.53. The Morgan fingerprint density at radius 2 is 2.00 bits per heavy atom. The number of anilines is 2. The lowest BCUT2D eigenvalue weighted by molar-refractivity contribution is 0.0984. The smallest absolute Gasteiger partial charge is 0.138 e. The number of ether oxygens (including phenoxy) is 1. The standard InChI is InChI=1S/C15H26N4O/c1-10-9-20-8-7-19(10)13-11(2)12(16-6)17-14(18-13)15(3,4)5/h10H,7-9H2,1-6H3,(H,16,17,18). The van der Waals surface area contributed by atoms with E-state index in [1.807, 2.05) is 7.05 Å². The van der Waals surface area contributed by atoms with Crippen molar-refractivity contribution in [3.05, 3.63) is 11.4 Å². The molecule has 0 amide bonds. The Bertz CT molecular complexity index is 481. The quantitative estimate of drug-likeness (QED) is 0.900. The fourth-order valence-corrected chi connectivity index (χ4v) is 2.41. The van der Waals surface area contributed by atoms with Crippen molar-refractivity contribution in [2.24, 2.45) is 0 Å². The predicted octanol–water partition coefficient (Wildman–Crippen LogP) is 2.35. The van der Waals surface area contributed by atoms with Gasteiger partial charge in [-0.15, -0.1) is 0 Å². The van der Waals surface area contributed by atoms with Crippen molar-refractivity contribution in [3.63, 3.8) is 0 Å². The zero-order valence-electron chi connectivity index (χ0n) is 13.4. The summed E-state index contributed by atoms with van der Waals surface area (Å²) in [6.45, 7) is 13.1. The number of nitrogens with one attached hydrogen (secondary N) is 1. The minimum absolute atomic E-state index is 0.0659. The van der Waals surface area contributed by atoms with Crippen LogP contribution in [-0.2, 0) is 10.2 Å². The van der Waals surface area contributed by atoms with Crippen LogP contribution in [-0.4, -0.2) is 42.8 Å². The van der Waals surface area contributed by atoms with E-state index in [1.54, 1.807) is 0 Å². The molecule has 0 radical (unpaired) electrons. The second-order valence-electron chi connectivity index (χ2n) is 6.46. The van der Waals surface area contributed by atoms with Gasteiger partial charge in [-0.3, -0.25) is 0 Å². The van der Waals surface area contributed by atoms with E-state index in [2.05, 4.69) is 49.8 Å². The molecular formula is C15H26N4O. The molecule has 2 heterocycles. The molecule has 1 atom stereocenters. The van der Waals surface area contributed by atoms with Crippen LogP contribution in [0.5, 0.6) is 0 Å². The first-order chi connectivity index (χ1) is 9.34. The topological polar surface area (TPSA) is 50.3 Å². The van der Waals surface area contributed by atoms with Crippen LogP contribution in [0.25, 0.3) is 0 Å². The molecule has 20 heavy (non-hydrogen) atoms. The van der Waals surface area contributed by atoms with Crippen LogP contribution in [0, 0.1) is 6.92 Å². The molecule has 1 saturated heterocycles. The van der Waals surface area contributed by atoms with Crippen molar-refractivity contribution >= 4 is 11.6 Å². The molecule has 1 aromatic heterocycles. The van der Waals surface area contributed by atoms with E-state index in [0.717, 1.165) is 42.8 Å². The molecule has 112 valence electrons. The Hall–Kier alpha value is -1.36. The van der Waals surface area contributed by atoms with Crippen LogP contribution in [0.4, 0.5) is 11.6 Å². The molecule has 2 rings (SSSR count). The van der Waals surface area contributed by atoms with E-state index in [-0.39, 0.29) is 5.41 Å². The molecule has 1 aliphatic heterocycles. The first kappa shape index (κ1) is 15.0. The lowest BCUT2D eigenvalue weighted by Crippen LogP contribution is -2.45. The molecule has 0 saturated carbocycles. The monoisotopic (exact) mass is 278 g/mol. The summed E-state index contributed by atoms with van der Waals surface area (Å²) in [7, 11) is 1.91. The molecule has 5 nitrogen and oxygen atoms in total. The van der Waals surface area contributed by atoms with Gasteiger partial charge in [-0.05, 0) is 13.8 Å². The third-order valence-corrected chi connectivity index (χ3v) is 3.67. The van der Waals surface area contributed by atoms with Gasteiger partial charge < -0.3 is 15.0 Å². The molecule has 1 fully saturated rings. The van der Waals surface area contributed by atoms with Crippen molar-refractivity contribution in [2.75, 3.05) is 37.0 Å². The lowest BCUT2D eigenvalue weighted by atomic mass is 9.95. The first-order valence-electron chi connectivity index (χ1n) is 7.26. The van der Waals surface area contributed by atoms with Gasteiger partial charge in [-0.1, -0.05) is 20.8 Å². The molecule has 0 aliphatic carbocycles. The highest BCUT2D eigenvalue weighted by Crippen LogP contribution is 2.29. The number of morpholine rings is 1. The summed E-state index contributed by atoms with van der Waals surface area (Å²) in [5.41, 5.74) is 1.04. The predicted molar refractivity (Wildman–Crippen MR) is 82.6 cm³/mol. The average Bonchev–Trinajstić information content (AvgIpc) is 2.38. The van der Waals surface area contributed by atoms with Gasteiger partial charge in [0.2, 0.25) is 0 Å². The second kappa shape index (κ2) is 5.56. The Balaban J connectivity index is 2.50. The molecule has 0 spiro atoms. The summed E-state index contributed by atoms with van der Waals surface area (Å²) in [5, 5.41) is 3.19. The van der Waals surface area contributed by atoms with Crippen LogP contribution in [0.15, 0.2) is 0 Å². The molecule has 0 aromatic carbocycles. The Morgan fingerprint density at radius 3 is 2.55 bits per heavy atom. The van der Waals surface area contributed by atoms with Crippen molar-refractivity contribution in [3.8, 4) is 0 Å². The molecule has 0 bridgehead atoms. The van der Waals surface area contributed by atoms with Crippen molar-refractivity contribution < 1.29 is 4.74 Å². The lowest BCUT2D eigenvalue weighted by Gasteiger charge is -2.36. The van der Waals surface area contributed by atoms with Crippen molar-refractivity contribution in [2.45, 2.75) is 46.1 Å². The maximum absolute atomic E-state index is 5.53.